The summed E-state index contributed by atoms with van der Waals surface area (Å²) < 4.78 is 27.4. The van der Waals surface area contributed by atoms with Crippen LogP contribution in [0.5, 0.6) is 28.7 Å². The number of hydrogen-bond donors (Lipinski definition) is 1. The van der Waals surface area contributed by atoms with Crippen molar-refractivity contribution >= 4 is 17.7 Å². The summed E-state index contributed by atoms with van der Waals surface area (Å²) in [6, 6.07) is 7.68. The predicted octanol–water partition coefficient (Wildman–Crippen LogP) is 3.00. The van der Waals surface area contributed by atoms with Crippen LogP contribution in [0.1, 0.15) is 23.1 Å². The van der Waals surface area contributed by atoms with E-state index in [0.717, 1.165) is 46.6 Å². The van der Waals surface area contributed by atoms with Crippen molar-refractivity contribution in [2.24, 2.45) is 0 Å². The van der Waals surface area contributed by atoms with E-state index in [0.29, 0.717) is 29.4 Å². The van der Waals surface area contributed by atoms with Crippen molar-refractivity contribution in [3.05, 3.63) is 41.0 Å². The van der Waals surface area contributed by atoms with Gasteiger partial charge in [0.05, 0.1) is 27.0 Å². The zero-order chi connectivity index (χ0) is 19.7. The first-order valence-corrected chi connectivity index (χ1v) is 8.86. The Hall–Kier alpha value is -3.35. The second-order valence-electron chi connectivity index (χ2n) is 6.39. The van der Waals surface area contributed by atoms with Crippen LogP contribution in [0.3, 0.4) is 0 Å². The molecule has 7 heteroatoms. The van der Waals surface area contributed by atoms with Crippen LogP contribution in [0.15, 0.2) is 24.3 Å². The van der Waals surface area contributed by atoms with Crippen molar-refractivity contribution in [2.45, 2.75) is 12.8 Å². The van der Waals surface area contributed by atoms with Gasteiger partial charge in [-0.1, -0.05) is 0 Å². The SMILES string of the molecule is COc1cc(C2=C(NC=O)c3cc4c(cc3CC2)OCO4)cc(OC)c1OC. The highest BCUT2D eigenvalue weighted by Crippen LogP contribution is 2.45. The highest BCUT2D eigenvalue weighted by atomic mass is 16.7. The topological polar surface area (TPSA) is 75.3 Å². The van der Waals surface area contributed by atoms with Crippen molar-refractivity contribution in [2.75, 3.05) is 28.1 Å². The Morgan fingerprint density at radius 2 is 1.61 bits per heavy atom. The first-order valence-electron chi connectivity index (χ1n) is 8.86. The molecule has 0 fully saturated rings. The number of carbonyl (C=O) groups excluding carboxylic acids is 1. The summed E-state index contributed by atoms with van der Waals surface area (Å²) in [4.78, 5) is 11.4. The number of nitrogens with one attached hydrogen (secondary N) is 1. The van der Waals surface area contributed by atoms with Gasteiger partial charge in [-0.3, -0.25) is 4.79 Å². The second kappa shape index (κ2) is 7.34. The molecule has 1 amide bonds. The summed E-state index contributed by atoms with van der Waals surface area (Å²) in [6.07, 6.45) is 2.23. The van der Waals surface area contributed by atoms with Crippen molar-refractivity contribution in [3.63, 3.8) is 0 Å². The van der Waals surface area contributed by atoms with E-state index in [1.807, 2.05) is 24.3 Å². The lowest BCUT2D eigenvalue weighted by atomic mass is 9.85. The Morgan fingerprint density at radius 1 is 0.929 bits per heavy atom. The summed E-state index contributed by atoms with van der Waals surface area (Å²) in [7, 11) is 4.73. The minimum atomic E-state index is 0.206. The van der Waals surface area contributed by atoms with E-state index in [9.17, 15) is 4.79 Å². The lowest BCUT2D eigenvalue weighted by Gasteiger charge is -2.24. The lowest BCUT2D eigenvalue weighted by molar-refractivity contribution is -0.108. The van der Waals surface area contributed by atoms with Gasteiger partial charge in [-0.15, -0.1) is 0 Å². The molecule has 0 aromatic heterocycles. The molecule has 1 N–H and O–H groups in total. The van der Waals surface area contributed by atoms with Gasteiger partial charge >= 0.3 is 0 Å². The number of amides is 1. The lowest BCUT2D eigenvalue weighted by Crippen LogP contribution is -2.17. The third-order valence-electron chi connectivity index (χ3n) is 5.03. The monoisotopic (exact) mass is 383 g/mol. The molecular weight excluding hydrogens is 362 g/mol. The summed E-state index contributed by atoms with van der Waals surface area (Å²) in [5, 5.41) is 2.87. The molecule has 2 aromatic carbocycles. The fraction of sp³-hybridized carbons (Fsp3) is 0.286. The van der Waals surface area contributed by atoms with Crippen molar-refractivity contribution in [1.82, 2.24) is 5.32 Å². The first kappa shape index (κ1) is 18.0. The van der Waals surface area contributed by atoms with Crippen LogP contribution >= 0.6 is 0 Å². The standard InChI is InChI=1S/C21H21NO6/c1-24-18-7-13(8-19(25-2)21(18)26-3)14-5-4-12-6-16-17(28-11-27-16)9-15(12)20(14)22-10-23/h6-10H,4-5,11H2,1-3H3,(H,22,23). The van der Waals surface area contributed by atoms with Crippen molar-refractivity contribution in [1.29, 1.82) is 0 Å². The maximum Gasteiger partial charge on any atom is 0.231 e. The van der Waals surface area contributed by atoms with E-state index in [-0.39, 0.29) is 6.79 Å². The Balaban J connectivity index is 1.90. The number of methoxy groups -OCH3 is 3. The van der Waals surface area contributed by atoms with Gasteiger partial charge in [-0.2, -0.15) is 0 Å². The molecule has 4 rings (SSSR count). The van der Waals surface area contributed by atoms with Crippen LogP contribution in [0, 0.1) is 0 Å². The van der Waals surface area contributed by atoms with Crippen LogP contribution in [0.2, 0.25) is 0 Å². The van der Waals surface area contributed by atoms with Gasteiger partial charge in [0.15, 0.2) is 23.0 Å². The Morgan fingerprint density at radius 3 is 2.21 bits per heavy atom. The Kier molecular flexibility index (Phi) is 4.73. The van der Waals surface area contributed by atoms with Gasteiger partial charge in [-0.05, 0) is 53.8 Å². The number of fused-ring (bicyclic) bond motifs is 2. The summed E-state index contributed by atoms with van der Waals surface area (Å²) in [6.45, 7) is 0.206. The summed E-state index contributed by atoms with van der Waals surface area (Å²) in [5.74, 6) is 3.06. The minimum Gasteiger partial charge on any atom is -0.493 e. The third-order valence-corrected chi connectivity index (χ3v) is 5.03. The normalized spacial score (nSPS) is 14.4. The van der Waals surface area contributed by atoms with Gasteiger partial charge in [0.2, 0.25) is 19.0 Å². The molecule has 2 aromatic rings. The molecule has 0 atom stereocenters. The first-order chi connectivity index (χ1) is 13.7. The number of hydrogen-bond acceptors (Lipinski definition) is 6. The van der Waals surface area contributed by atoms with E-state index >= 15 is 0 Å². The molecule has 0 spiro atoms. The Labute approximate surface area is 162 Å². The average Bonchev–Trinajstić information content (AvgIpc) is 3.19. The van der Waals surface area contributed by atoms with E-state index in [1.165, 1.54) is 0 Å². The van der Waals surface area contributed by atoms with Crippen LogP contribution in [0.4, 0.5) is 0 Å². The zero-order valence-electron chi connectivity index (χ0n) is 16.0. The molecule has 146 valence electrons. The predicted molar refractivity (Wildman–Crippen MR) is 103 cm³/mol. The molecule has 0 bridgehead atoms. The number of aryl methyl sites for hydroxylation is 1. The molecule has 2 aliphatic rings. The maximum atomic E-state index is 11.4. The average molecular weight is 383 g/mol. The van der Waals surface area contributed by atoms with Gasteiger partial charge < -0.3 is 29.0 Å². The van der Waals surface area contributed by atoms with Gasteiger partial charge in [0, 0.05) is 5.56 Å². The molecule has 7 nitrogen and oxygen atoms in total. The van der Waals surface area contributed by atoms with Crippen molar-refractivity contribution in [3.8, 4) is 28.7 Å². The van der Waals surface area contributed by atoms with Crippen LogP contribution in [-0.2, 0) is 11.2 Å². The van der Waals surface area contributed by atoms with Crippen LogP contribution in [0.25, 0.3) is 11.3 Å². The molecule has 28 heavy (non-hydrogen) atoms. The smallest absolute Gasteiger partial charge is 0.231 e. The number of benzene rings is 2. The highest BCUT2D eigenvalue weighted by molar-refractivity contribution is 5.96. The summed E-state index contributed by atoms with van der Waals surface area (Å²) in [5.41, 5.74) is 4.64. The number of carbonyl (C=O) groups is 1. The Bertz CT molecular complexity index is 941. The van der Waals surface area contributed by atoms with Crippen LogP contribution in [-0.4, -0.2) is 34.5 Å². The number of allylic oxidation sites excluding steroid dienone is 1. The number of ether oxygens (including phenoxy) is 5. The van der Waals surface area contributed by atoms with Crippen LogP contribution < -0.4 is 29.0 Å². The third kappa shape index (κ3) is 2.89. The number of rotatable bonds is 6. The van der Waals surface area contributed by atoms with Gasteiger partial charge in [0.1, 0.15) is 0 Å². The molecule has 1 aliphatic heterocycles. The van der Waals surface area contributed by atoms with Gasteiger partial charge in [0.25, 0.3) is 0 Å². The quantitative estimate of drug-likeness (QED) is 0.773. The molecule has 0 saturated heterocycles. The van der Waals surface area contributed by atoms with Crippen molar-refractivity contribution < 1.29 is 28.5 Å². The fourth-order valence-corrected chi connectivity index (χ4v) is 3.74. The molecule has 1 aliphatic carbocycles. The van der Waals surface area contributed by atoms with E-state index in [2.05, 4.69) is 5.32 Å². The molecular formula is C21H21NO6. The highest BCUT2D eigenvalue weighted by Gasteiger charge is 2.26. The molecule has 0 unspecified atom stereocenters. The largest absolute Gasteiger partial charge is 0.493 e. The molecule has 0 radical (unpaired) electrons. The minimum absolute atomic E-state index is 0.206. The fourth-order valence-electron chi connectivity index (χ4n) is 3.74. The molecule has 0 saturated carbocycles. The summed E-state index contributed by atoms with van der Waals surface area (Å²) >= 11 is 0. The molecule has 1 heterocycles. The van der Waals surface area contributed by atoms with Gasteiger partial charge in [-0.25, -0.2) is 0 Å². The van der Waals surface area contributed by atoms with E-state index in [1.54, 1.807) is 21.3 Å². The van der Waals surface area contributed by atoms with E-state index in [4.69, 9.17) is 23.7 Å². The van der Waals surface area contributed by atoms with E-state index < -0.39 is 0 Å². The zero-order valence-corrected chi connectivity index (χ0v) is 16.0. The maximum absolute atomic E-state index is 11.4. The second-order valence-corrected chi connectivity index (χ2v) is 6.39.